The number of carbonyl (C=O) groups is 2. The third kappa shape index (κ3) is 5.92. The molecule has 0 bridgehead atoms. The molecule has 0 unspecified atom stereocenters. The van der Waals surface area contributed by atoms with Gasteiger partial charge < -0.3 is 14.2 Å². The molecule has 1 aliphatic carbocycles. The molecule has 172 valence electrons. The Morgan fingerprint density at radius 2 is 1.70 bits per heavy atom. The molecule has 3 aromatic rings. The molecule has 5 nitrogen and oxygen atoms in total. The van der Waals surface area contributed by atoms with E-state index < -0.39 is 0 Å². The summed E-state index contributed by atoms with van der Waals surface area (Å²) < 4.78 is 5.36. The summed E-state index contributed by atoms with van der Waals surface area (Å²) in [7, 11) is 1.78. The zero-order valence-corrected chi connectivity index (χ0v) is 19.5. The van der Waals surface area contributed by atoms with E-state index >= 15 is 0 Å². The van der Waals surface area contributed by atoms with Crippen LogP contribution in [0.1, 0.15) is 48.1 Å². The molecular formula is C28H32N2O3. The summed E-state index contributed by atoms with van der Waals surface area (Å²) in [5.74, 6) is 1.04. The number of carbonyl (C=O) groups excluding carboxylic acids is 2. The molecule has 2 amide bonds. The minimum Gasteiger partial charge on any atom is -0.467 e. The molecule has 0 aliphatic heterocycles. The number of rotatable bonds is 8. The van der Waals surface area contributed by atoms with E-state index in [0.29, 0.717) is 13.1 Å². The second kappa shape index (κ2) is 10.5. The average Bonchev–Trinajstić information content (AvgIpc) is 3.53. The molecule has 0 atom stereocenters. The van der Waals surface area contributed by atoms with Crippen LogP contribution in [0.15, 0.2) is 71.3 Å². The van der Waals surface area contributed by atoms with E-state index in [-0.39, 0.29) is 24.2 Å². The van der Waals surface area contributed by atoms with Gasteiger partial charge in [0.15, 0.2) is 0 Å². The predicted molar refractivity (Wildman–Crippen MR) is 130 cm³/mol. The molecular weight excluding hydrogens is 412 g/mol. The van der Waals surface area contributed by atoms with Gasteiger partial charge in [-0.15, -0.1) is 0 Å². The van der Waals surface area contributed by atoms with E-state index in [9.17, 15) is 9.59 Å². The van der Waals surface area contributed by atoms with Crippen LogP contribution in [0.25, 0.3) is 0 Å². The van der Waals surface area contributed by atoms with Gasteiger partial charge in [-0.3, -0.25) is 9.59 Å². The summed E-state index contributed by atoms with van der Waals surface area (Å²) >= 11 is 0. The lowest BCUT2D eigenvalue weighted by Gasteiger charge is -2.27. The van der Waals surface area contributed by atoms with Crippen LogP contribution in [0.2, 0.25) is 0 Å². The molecule has 5 heteroatoms. The Hall–Kier alpha value is -3.34. The maximum absolute atomic E-state index is 13.5. The summed E-state index contributed by atoms with van der Waals surface area (Å²) in [6, 6.07) is 19.9. The molecule has 2 aromatic carbocycles. The Morgan fingerprint density at radius 3 is 2.39 bits per heavy atom. The van der Waals surface area contributed by atoms with Gasteiger partial charge in [-0.1, -0.05) is 54.8 Å². The maximum Gasteiger partial charge on any atom is 0.230 e. The van der Waals surface area contributed by atoms with Crippen LogP contribution >= 0.6 is 0 Å². The fourth-order valence-electron chi connectivity index (χ4n) is 4.43. The van der Waals surface area contributed by atoms with Crippen molar-refractivity contribution in [3.63, 3.8) is 0 Å². The number of hydrogen-bond donors (Lipinski definition) is 0. The molecule has 0 N–H and O–H groups in total. The molecule has 1 aliphatic rings. The maximum atomic E-state index is 13.5. The number of likely N-dealkylation sites (N-methyl/N-ethyl adjacent to an activating group) is 1. The van der Waals surface area contributed by atoms with Crippen molar-refractivity contribution in [3.8, 4) is 0 Å². The Labute approximate surface area is 196 Å². The smallest absolute Gasteiger partial charge is 0.230 e. The number of hydrogen-bond acceptors (Lipinski definition) is 3. The molecule has 1 fully saturated rings. The quantitative estimate of drug-likeness (QED) is 0.460. The van der Waals surface area contributed by atoms with Crippen LogP contribution in [-0.2, 0) is 29.1 Å². The normalized spacial score (nSPS) is 13.8. The summed E-state index contributed by atoms with van der Waals surface area (Å²) in [4.78, 5) is 29.8. The van der Waals surface area contributed by atoms with Crippen LogP contribution in [0.5, 0.6) is 0 Å². The van der Waals surface area contributed by atoms with Crippen molar-refractivity contribution in [2.24, 2.45) is 5.92 Å². The molecule has 0 spiro atoms. The standard InChI is InChI=1S/C28H32N2O3/c1-21-12-14-22(15-13-21)19-30(28(32)24-8-3-4-9-24)25-10-5-7-23(17-25)18-27(31)29(2)20-26-11-6-16-33-26/h5-7,10-17,24H,3-4,8-9,18-20H2,1-2H3. The van der Waals surface area contributed by atoms with E-state index in [1.54, 1.807) is 18.2 Å². The van der Waals surface area contributed by atoms with E-state index in [4.69, 9.17) is 4.42 Å². The molecule has 1 saturated carbocycles. The average molecular weight is 445 g/mol. The van der Waals surface area contributed by atoms with Crippen LogP contribution in [0.4, 0.5) is 5.69 Å². The Morgan fingerprint density at radius 1 is 0.939 bits per heavy atom. The third-order valence-electron chi connectivity index (χ3n) is 6.41. The summed E-state index contributed by atoms with van der Waals surface area (Å²) in [5.41, 5.74) is 4.06. The molecule has 0 radical (unpaired) electrons. The SMILES string of the molecule is Cc1ccc(CN(C(=O)C2CCCC2)c2cccc(CC(=O)N(C)Cc3ccco3)c2)cc1. The van der Waals surface area contributed by atoms with Gasteiger partial charge in [-0.2, -0.15) is 0 Å². The highest BCUT2D eigenvalue weighted by Gasteiger charge is 2.28. The lowest BCUT2D eigenvalue weighted by atomic mass is 10.0. The Balaban J connectivity index is 1.52. The van der Waals surface area contributed by atoms with Gasteiger partial charge >= 0.3 is 0 Å². The first-order valence-corrected chi connectivity index (χ1v) is 11.7. The van der Waals surface area contributed by atoms with Crippen molar-refractivity contribution in [1.29, 1.82) is 0 Å². The van der Waals surface area contributed by atoms with Crippen molar-refractivity contribution >= 4 is 17.5 Å². The lowest BCUT2D eigenvalue weighted by molar-refractivity contribution is -0.130. The first-order valence-electron chi connectivity index (χ1n) is 11.7. The monoisotopic (exact) mass is 444 g/mol. The number of nitrogens with zero attached hydrogens (tertiary/aromatic N) is 2. The van der Waals surface area contributed by atoms with Gasteiger partial charge in [0.05, 0.1) is 25.8 Å². The van der Waals surface area contributed by atoms with Crippen LogP contribution in [0.3, 0.4) is 0 Å². The van der Waals surface area contributed by atoms with E-state index in [2.05, 4.69) is 31.2 Å². The van der Waals surface area contributed by atoms with Gasteiger partial charge in [-0.25, -0.2) is 0 Å². The van der Waals surface area contributed by atoms with Gasteiger partial charge in [0.2, 0.25) is 11.8 Å². The van der Waals surface area contributed by atoms with Crippen molar-refractivity contribution in [1.82, 2.24) is 4.90 Å². The summed E-state index contributed by atoms with van der Waals surface area (Å²) in [6.45, 7) is 3.03. The number of amides is 2. The van der Waals surface area contributed by atoms with Gasteiger partial charge in [0.25, 0.3) is 0 Å². The highest BCUT2D eigenvalue weighted by molar-refractivity contribution is 5.95. The summed E-state index contributed by atoms with van der Waals surface area (Å²) in [6.07, 6.45) is 6.04. The highest BCUT2D eigenvalue weighted by atomic mass is 16.3. The van der Waals surface area contributed by atoms with Crippen LogP contribution in [0, 0.1) is 12.8 Å². The minimum atomic E-state index is 0.00996. The topological polar surface area (TPSA) is 53.8 Å². The Bertz CT molecular complexity index is 1070. The van der Waals surface area contributed by atoms with Crippen molar-refractivity contribution < 1.29 is 14.0 Å². The molecule has 0 saturated heterocycles. The number of furan rings is 1. The van der Waals surface area contributed by atoms with Crippen LogP contribution in [-0.4, -0.2) is 23.8 Å². The predicted octanol–water partition coefficient (Wildman–Crippen LogP) is 5.51. The molecule has 33 heavy (non-hydrogen) atoms. The second-order valence-corrected chi connectivity index (χ2v) is 9.07. The van der Waals surface area contributed by atoms with Crippen molar-refractivity contribution in [2.75, 3.05) is 11.9 Å². The molecule has 4 rings (SSSR count). The van der Waals surface area contributed by atoms with E-state index in [1.807, 2.05) is 41.3 Å². The fraction of sp³-hybridized carbons (Fsp3) is 0.357. The molecule has 1 aromatic heterocycles. The number of benzene rings is 2. The van der Waals surface area contributed by atoms with Gasteiger partial charge in [-0.05, 0) is 55.2 Å². The highest BCUT2D eigenvalue weighted by Crippen LogP contribution is 2.30. The van der Waals surface area contributed by atoms with Crippen LogP contribution < -0.4 is 4.90 Å². The first-order chi connectivity index (χ1) is 16.0. The molecule has 1 heterocycles. The van der Waals surface area contributed by atoms with Gasteiger partial charge in [0, 0.05) is 18.7 Å². The Kier molecular flexibility index (Phi) is 7.28. The van der Waals surface area contributed by atoms with Crippen molar-refractivity contribution in [3.05, 3.63) is 89.4 Å². The second-order valence-electron chi connectivity index (χ2n) is 9.07. The zero-order valence-electron chi connectivity index (χ0n) is 19.5. The van der Waals surface area contributed by atoms with Gasteiger partial charge in [0.1, 0.15) is 5.76 Å². The largest absolute Gasteiger partial charge is 0.467 e. The number of anilines is 1. The third-order valence-corrected chi connectivity index (χ3v) is 6.41. The van der Waals surface area contributed by atoms with Crippen molar-refractivity contribution in [2.45, 2.75) is 52.1 Å². The minimum absolute atomic E-state index is 0.00996. The first kappa shape index (κ1) is 22.8. The fourth-order valence-corrected chi connectivity index (χ4v) is 4.43. The lowest BCUT2D eigenvalue weighted by Crippen LogP contribution is -2.35. The zero-order chi connectivity index (χ0) is 23.2. The summed E-state index contributed by atoms with van der Waals surface area (Å²) in [5, 5.41) is 0. The number of aryl methyl sites for hydroxylation is 1. The van der Waals surface area contributed by atoms with E-state index in [1.165, 1.54) is 5.56 Å². The van der Waals surface area contributed by atoms with E-state index in [0.717, 1.165) is 48.3 Å².